The molecule has 0 amide bonds. The van der Waals surface area contributed by atoms with Gasteiger partial charge in [0, 0.05) is 10.8 Å². The topological polar surface area (TPSA) is 79.5 Å². The molecule has 1 saturated heterocycles. The number of thioether (sulfide) groups is 1. The molecule has 2 unspecified atom stereocenters. The molecule has 110 valence electrons. The van der Waals surface area contributed by atoms with Crippen LogP contribution in [0.5, 0.6) is 0 Å². The molecule has 0 spiro atoms. The summed E-state index contributed by atoms with van der Waals surface area (Å²) >= 11 is 10.6. The number of carboxylic acids is 1. The van der Waals surface area contributed by atoms with Gasteiger partial charge in [0.15, 0.2) is 11.0 Å². The van der Waals surface area contributed by atoms with E-state index in [1.165, 1.54) is 18.0 Å². The summed E-state index contributed by atoms with van der Waals surface area (Å²) in [7, 11) is 0. The van der Waals surface area contributed by atoms with Gasteiger partial charge in [0.25, 0.3) is 0 Å². The predicted octanol–water partition coefficient (Wildman–Crippen LogP) is 3.00. The Morgan fingerprint density at radius 1 is 1.52 bits per heavy atom. The first-order chi connectivity index (χ1) is 9.97. The van der Waals surface area contributed by atoms with Crippen molar-refractivity contribution in [3.63, 3.8) is 0 Å². The summed E-state index contributed by atoms with van der Waals surface area (Å²) in [5.41, 5.74) is 0.604. The van der Waals surface area contributed by atoms with E-state index >= 15 is 0 Å². The number of hydrogen-bond acceptors (Lipinski definition) is 5. The van der Waals surface area contributed by atoms with Crippen molar-refractivity contribution in [1.82, 2.24) is 5.32 Å². The Balaban J connectivity index is 2.07. The number of aliphatic carboxylic acids is 1. The molecule has 8 heteroatoms. The summed E-state index contributed by atoms with van der Waals surface area (Å²) < 4.78 is 6.11. The van der Waals surface area contributed by atoms with Gasteiger partial charge in [-0.2, -0.15) is 0 Å². The van der Waals surface area contributed by atoms with Crippen LogP contribution in [0, 0.1) is 0 Å². The summed E-state index contributed by atoms with van der Waals surface area (Å²) in [5.74, 6) is -0.530. The summed E-state index contributed by atoms with van der Waals surface area (Å²) in [6.45, 7) is 0. The molecule has 3 rings (SSSR count). The molecular formula is C13H9BrClNO4S. The van der Waals surface area contributed by atoms with Crippen LogP contribution in [-0.2, 0) is 4.79 Å². The van der Waals surface area contributed by atoms with Crippen molar-refractivity contribution in [2.45, 2.75) is 11.4 Å². The largest absolute Gasteiger partial charge is 0.480 e. The molecule has 2 N–H and O–H groups in total. The first kappa shape index (κ1) is 14.9. The summed E-state index contributed by atoms with van der Waals surface area (Å²) in [4.78, 5) is 23.5. The fourth-order valence-electron chi connectivity index (χ4n) is 2.15. The van der Waals surface area contributed by atoms with Crippen LogP contribution in [0.25, 0.3) is 11.0 Å². The molecule has 0 aliphatic carbocycles. The molecule has 5 nitrogen and oxygen atoms in total. The van der Waals surface area contributed by atoms with Crippen LogP contribution in [0.1, 0.15) is 10.9 Å². The van der Waals surface area contributed by atoms with Crippen LogP contribution in [0.2, 0.25) is 5.02 Å². The normalized spacial score (nSPS) is 21.8. The molecule has 0 radical (unpaired) electrons. The molecule has 1 aliphatic heterocycles. The van der Waals surface area contributed by atoms with E-state index in [2.05, 4.69) is 21.2 Å². The number of nitrogens with one attached hydrogen (secondary N) is 1. The van der Waals surface area contributed by atoms with Gasteiger partial charge in [-0.3, -0.25) is 14.9 Å². The lowest BCUT2D eigenvalue weighted by atomic mass is 10.1. The highest BCUT2D eigenvalue weighted by atomic mass is 79.9. The molecule has 2 heterocycles. The lowest BCUT2D eigenvalue weighted by Gasteiger charge is -2.11. The number of benzene rings is 1. The van der Waals surface area contributed by atoms with Crippen molar-refractivity contribution in [1.29, 1.82) is 0 Å². The van der Waals surface area contributed by atoms with Gasteiger partial charge in [0.1, 0.15) is 12.3 Å². The minimum absolute atomic E-state index is 0.213. The molecule has 2 aromatic rings. The first-order valence-electron chi connectivity index (χ1n) is 5.98. The highest BCUT2D eigenvalue weighted by molar-refractivity contribution is 9.10. The molecule has 2 atom stereocenters. The number of halogens is 2. The van der Waals surface area contributed by atoms with E-state index in [9.17, 15) is 9.59 Å². The molecule has 0 bridgehead atoms. The van der Waals surface area contributed by atoms with E-state index in [0.29, 0.717) is 31.8 Å². The van der Waals surface area contributed by atoms with Crippen molar-refractivity contribution in [3.8, 4) is 0 Å². The summed E-state index contributed by atoms with van der Waals surface area (Å²) in [5, 5.41) is 12.3. The summed E-state index contributed by atoms with van der Waals surface area (Å²) in [6.07, 6.45) is 1.37. The number of hydrogen-bond donors (Lipinski definition) is 2. The standard InChI is InChI=1S/C13H9BrClNO4S/c14-8-2-5(15)1-6-10(17)7(3-20-11(6)8)12-16-9(4-21-12)13(18)19/h1-3,9,12,16H,4H2,(H,18,19). The zero-order chi connectivity index (χ0) is 15.1. The quantitative estimate of drug-likeness (QED) is 0.820. The monoisotopic (exact) mass is 389 g/mol. The van der Waals surface area contributed by atoms with Crippen LogP contribution >= 0.6 is 39.3 Å². The molecule has 1 aromatic heterocycles. The smallest absolute Gasteiger partial charge is 0.321 e. The Morgan fingerprint density at radius 2 is 2.29 bits per heavy atom. The highest BCUT2D eigenvalue weighted by Gasteiger charge is 2.32. The third-order valence-electron chi connectivity index (χ3n) is 3.18. The van der Waals surface area contributed by atoms with Crippen molar-refractivity contribution < 1.29 is 14.3 Å². The summed E-state index contributed by atoms with van der Waals surface area (Å²) in [6, 6.07) is 2.53. The number of rotatable bonds is 2. The van der Waals surface area contributed by atoms with E-state index in [1.54, 1.807) is 12.1 Å². The molecule has 1 fully saturated rings. The minimum atomic E-state index is -0.930. The average molecular weight is 391 g/mol. The van der Waals surface area contributed by atoms with Crippen LogP contribution < -0.4 is 10.7 Å². The Labute approximate surface area is 136 Å². The molecular weight excluding hydrogens is 382 g/mol. The Kier molecular flexibility index (Phi) is 4.00. The maximum Gasteiger partial charge on any atom is 0.321 e. The van der Waals surface area contributed by atoms with E-state index < -0.39 is 17.4 Å². The highest BCUT2D eigenvalue weighted by Crippen LogP contribution is 2.33. The lowest BCUT2D eigenvalue weighted by Crippen LogP contribution is -2.34. The first-order valence-corrected chi connectivity index (χ1v) is 8.20. The van der Waals surface area contributed by atoms with Crippen molar-refractivity contribution in [2.75, 3.05) is 5.75 Å². The average Bonchev–Trinajstić information content (AvgIpc) is 2.89. The third kappa shape index (κ3) is 2.70. The zero-order valence-corrected chi connectivity index (χ0v) is 13.6. The fourth-order valence-corrected chi connectivity index (χ4v) is 4.28. The van der Waals surface area contributed by atoms with Gasteiger partial charge in [-0.1, -0.05) is 11.6 Å². The Bertz CT molecular complexity index is 794. The molecule has 1 aliphatic rings. The maximum atomic E-state index is 12.6. The minimum Gasteiger partial charge on any atom is -0.480 e. The van der Waals surface area contributed by atoms with Gasteiger partial charge < -0.3 is 9.52 Å². The zero-order valence-electron chi connectivity index (χ0n) is 10.4. The SMILES string of the molecule is O=C(O)C1CSC(c2coc3c(Br)cc(Cl)cc3c2=O)N1. The van der Waals surface area contributed by atoms with Crippen LogP contribution in [-0.4, -0.2) is 22.9 Å². The second-order valence-corrected chi connectivity index (χ2v) is 6.98. The van der Waals surface area contributed by atoms with Gasteiger partial charge in [-0.05, 0) is 28.1 Å². The molecule has 1 aromatic carbocycles. The molecule has 21 heavy (non-hydrogen) atoms. The third-order valence-corrected chi connectivity index (χ3v) is 5.24. The van der Waals surface area contributed by atoms with Crippen molar-refractivity contribution >= 4 is 56.2 Å². The van der Waals surface area contributed by atoms with Gasteiger partial charge >= 0.3 is 5.97 Å². The van der Waals surface area contributed by atoms with Gasteiger partial charge in [-0.25, -0.2) is 0 Å². The second-order valence-electron chi connectivity index (χ2n) is 4.56. The van der Waals surface area contributed by atoms with Crippen molar-refractivity contribution in [2.24, 2.45) is 0 Å². The van der Waals surface area contributed by atoms with Crippen LogP contribution in [0.4, 0.5) is 0 Å². The van der Waals surface area contributed by atoms with Crippen LogP contribution in [0.15, 0.2) is 32.1 Å². The fraction of sp³-hybridized carbons (Fsp3) is 0.231. The Morgan fingerprint density at radius 3 is 2.95 bits per heavy atom. The van der Waals surface area contributed by atoms with E-state index in [-0.39, 0.29) is 5.43 Å². The van der Waals surface area contributed by atoms with Gasteiger partial charge in [0.05, 0.1) is 20.8 Å². The maximum absolute atomic E-state index is 12.6. The van der Waals surface area contributed by atoms with Gasteiger partial charge in [-0.15, -0.1) is 11.8 Å². The van der Waals surface area contributed by atoms with Crippen molar-refractivity contribution in [3.05, 3.63) is 43.7 Å². The van der Waals surface area contributed by atoms with E-state index in [0.717, 1.165) is 0 Å². The van der Waals surface area contributed by atoms with E-state index in [1.807, 2.05) is 0 Å². The molecule has 0 saturated carbocycles. The predicted molar refractivity (Wildman–Crippen MR) is 85.0 cm³/mol. The second kappa shape index (κ2) is 5.64. The lowest BCUT2D eigenvalue weighted by molar-refractivity contribution is -0.138. The van der Waals surface area contributed by atoms with Gasteiger partial charge in [0.2, 0.25) is 0 Å². The number of carboxylic acid groups (broad SMARTS) is 1. The number of fused-ring (bicyclic) bond motifs is 1. The van der Waals surface area contributed by atoms with Crippen LogP contribution in [0.3, 0.4) is 0 Å². The van der Waals surface area contributed by atoms with E-state index in [4.69, 9.17) is 21.1 Å². The Hall–Kier alpha value is -1.02. The number of carbonyl (C=O) groups is 1.